The molecule has 0 unspecified atom stereocenters. The highest BCUT2D eigenvalue weighted by Gasteiger charge is 2.02. The second-order valence-corrected chi connectivity index (χ2v) is 6.36. The quantitative estimate of drug-likeness (QED) is 0.218. The molecule has 0 spiro atoms. The number of ether oxygens (including phenoxy) is 2. The second-order valence-electron chi connectivity index (χ2n) is 5.55. The Hall–Kier alpha value is -1.52. The molecule has 0 aliphatic carbocycles. The van der Waals surface area contributed by atoms with Gasteiger partial charge in [-0.05, 0) is 30.5 Å². The van der Waals surface area contributed by atoms with Gasteiger partial charge in [-0.3, -0.25) is 0 Å². The molecule has 0 saturated heterocycles. The summed E-state index contributed by atoms with van der Waals surface area (Å²) in [4.78, 5) is 23.0. The number of carbonyl (C=O) groups is 2. The molecule has 6 heteroatoms. The molecule has 138 valence electrons. The summed E-state index contributed by atoms with van der Waals surface area (Å²) in [6, 6.07) is 6.97. The molecule has 1 aromatic rings. The monoisotopic (exact) mass is 386 g/mol. The minimum absolute atomic E-state index is 0.124. The number of carbonyl (C=O) groups excluding carboxylic acids is 2. The van der Waals surface area contributed by atoms with E-state index in [0.717, 1.165) is 56.2 Å². The molecule has 1 aromatic carbocycles. The maximum Gasteiger partial charge on any atom is 0.331 e. The van der Waals surface area contributed by atoms with E-state index < -0.39 is 11.9 Å². The van der Waals surface area contributed by atoms with Gasteiger partial charge in [0.2, 0.25) is 0 Å². The van der Waals surface area contributed by atoms with E-state index in [1.165, 1.54) is 0 Å². The first-order valence-electron chi connectivity index (χ1n) is 8.44. The minimum Gasteiger partial charge on any atom is -0.463 e. The first-order valence-corrected chi connectivity index (χ1v) is 9.35. The number of hydrogen-bond acceptors (Lipinski definition) is 4. The topological polar surface area (TPSA) is 52.6 Å². The molecular formula is C19H24Cl2O4. The third-order valence-electron chi connectivity index (χ3n) is 3.42. The predicted octanol–water partition coefficient (Wildman–Crippen LogP) is 5.06. The van der Waals surface area contributed by atoms with Crippen molar-refractivity contribution in [3.8, 4) is 0 Å². The van der Waals surface area contributed by atoms with E-state index in [2.05, 4.69) is 0 Å². The van der Waals surface area contributed by atoms with E-state index in [0.29, 0.717) is 17.5 Å². The lowest BCUT2D eigenvalue weighted by Gasteiger charge is -2.03. The highest BCUT2D eigenvalue weighted by Crippen LogP contribution is 2.10. The lowest BCUT2D eigenvalue weighted by Crippen LogP contribution is -2.05. The number of unbranched alkanes of at least 4 members (excludes halogenated alkanes) is 5. The van der Waals surface area contributed by atoms with Gasteiger partial charge in [-0.25, -0.2) is 9.59 Å². The Morgan fingerprint density at radius 2 is 1.40 bits per heavy atom. The van der Waals surface area contributed by atoms with Crippen LogP contribution in [0.1, 0.15) is 44.1 Å². The Kier molecular flexibility index (Phi) is 11.8. The Morgan fingerprint density at radius 3 is 2.04 bits per heavy atom. The number of benzene rings is 1. The zero-order valence-corrected chi connectivity index (χ0v) is 15.7. The SMILES string of the molecule is O=C(/C=C/C(=O)OCc1ccc(Cl)cc1)OCCCCCCCCCl. The van der Waals surface area contributed by atoms with Gasteiger partial charge in [0.25, 0.3) is 0 Å². The fourth-order valence-electron chi connectivity index (χ4n) is 2.04. The van der Waals surface area contributed by atoms with Crippen molar-refractivity contribution in [3.63, 3.8) is 0 Å². The van der Waals surface area contributed by atoms with Gasteiger partial charge < -0.3 is 9.47 Å². The summed E-state index contributed by atoms with van der Waals surface area (Å²) in [5, 5.41) is 0.618. The molecule has 0 aromatic heterocycles. The number of alkyl halides is 1. The maximum atomic E-state index is 11.5. The molecule has 4 nitrogen and oxygen atoms in total. The van der Waals surface area contributed by atoms with Gasteiger partial charge in [0.05, 0.1) is 6.61 Å². The number of hydrogen-bond donors (Lipinski definition) is 0. The van der Waals surface area contributed by atoms with E-state index in [1.807, 2.05) is 0 Å². The third-order valence-corrected chi connectivity index (χ3v) is 3.94. The third kappa shape index (κ3) is 11.6. The second kappa shape index (κ2) is 13.7. The molecule has 0 fully saturated rings. The molecule has 0 aliphatic heterocycles. The van der Waals surface area contributed by atoms with Crippen molar-refractivity contribution < 1.29 is 19.1 Å². The van der Waals surface area contributed by atoms with Crippen molar-refractivity contribution in [1.82, 2.24) is 0 Å². The highest BCUT2D eigenvalue weighted by molar-refractivity contribution is 6.30. The first-order chi connectivity index (χ1) is 12.1. The minimum atomic E-state index is -0.591. The van der Waals surface area contributed by atoms with Gasteiger partial charge in [-0.2, -0.15) is 0 Å². The van der Waals surface area contributed by atoms with Crippen LogP contribution in [0.2, 0.25) is 5.02 Å². The van der Waals surface area contributed by atoms with Crippen molar-refractivity contribution in [1.29, 1.82) is 0 Å². The van der Waals surface area contributed by atoms with Gasteiger partial charge in [0.15, 0.2) is 0 Å². The predicted molar refractivity (Wildman–Crippen MR) is 99.8 cm³/mol. The van der Waals surface area contributed by atoms with Crippen LogP contribution in [-0.2, 0) is 25.7 Å². The van der Waals surface area contributed by atoms with Gasteiger partial charge in [0.1, 0.15) is 6.61 Å². The Morgan fingerprint density at radius 1 is 0.840 bits per heavy atom. The molecule has 25 heavy (non-hydrogen) atoms. The lowest BCUT2D eigenvalue weighted by molar-refractivity contribution is -0.141. The summed E-state index contributed by atoms with van der Waals surface area (Å²) in [6.45, 7) is 0.484. The summed E-state index contributed by atoms with van der Waals surface area (Å²) in [7, 11) is 0. The number of halogens is 2. The summed E-state index contributed by atoms with van der Waals surface area (Å²) in [5.74, 6) is -0.414. The summed E-state index contributed by atoms with van der Waals surface area (Å²) in [6.07, 6.45) is 8.46. The fourth-order valence-corrected chi connectivity index (χ4v) is 2.36. The smallest absolute Gasteiger partial charge is 0.331 e. The van der Waals surface area contributed by atoms with Crippen LogP contribution in [0, 0.1) is 0 Å². The first kappa shape index (κ1) is 21.5. The van der Waals surface area contributed by atoms with Gasteiger partial charge >= 0.3 is 11.9 Å². The average Bonchev–Trinajstić information content (AvgIpc) is 2.61. The maximum absolute atomic E-state index is 11.5. The van der Waals surface area contributed by atoms with Crippen molar-refractivity contribution in [2.75, 3.05) is 12.5 Å². The van der Waals surface area contributed by atoms with Crippen LogP contribution in [0.5, 0.6) is 0 Å². The van der Waals surface area contributed by atoms with Crippen molar-refractivity contribution >= 4 is 35.1 Å². The molecule has 1 rings (SSSR count). The van der Waals surface area contributed by atoms with Crippen LogP contribution in [0.25, 0.3) is 0 Å². The molecule has 0 atom stereocenters. The van der Waals surface area contributed by atoms with Crippen LogP contribution in [0.15, 0.2) is 36.4 Å². The van der Waals surface area contributed by atoms with Crippen molar-refractivity contribution in [3.05, 3.63) is 47.0 Å². The summed E-state index contributed by atoms with van der Waals surface area (Å²) < 4.78 is 10.0. The van der Waals surface area contributed by atoms with Gasteiger partial charge in [-0.15, -0.1) is 11.6 Å². The molecule has 0 bridgehead atoms. The molecule has 0 aliphatic rings. The zero-order chi connectivity index (χ0) is 18.3. The number of rotatable bonds is 12. The standard InChI is InChI=1S/C19H24Cl2O4/c20-13-5-3-1-2-4-6-14-24-18(22)11-12-19(23)25-15-16-7-9-17(21)10-8-16/h7-12H,1-6,13-15H2/b12-11+. The molecular weight excluding hydrogens is 363 g/mol. The lowest BCUT2D eigenvalue weighted by atomic mass is 10.1. The fraction of sp³-hybridized carbons (Fsp3) is 0.474. The molecule has 0 saturated carbocycles. The van der Waals surface area contributed by atoms with Crippen molar-refractivity contribution in [2.24, 2.45) is 0 Å². The Bertz CT molecular complexity index is 541. The van der Waals surface area contributed by atoms with E-state index in [1.54, 1.807) is 24.3 Å². The molecule has 0 N–H and O–H groups in total. The van der Waals surface area contributed by atoms with Crippen LogP contribution in [0.3, 0.4) is 0 Å². The largest absolute Gasteiger partial charge is 0.463 e. The molecule has 0 radical (unpaired) electrons. The molecule has 0 heterocycles. The van der Waals surface area contributed by atoms with Gasteiger partial charge in [-0.1, -0.05) is 49.4 Å². The van der Waals surface area contributed by atoms with E-state index >= 15 is 0 Å². The highest BCUT2D eigenvalue weighted by atomic mass is 35.5. The number of esters is 2. The normalized spacial score (nSPS) is 10.8. The van der Waals surface area contributed by atoms with E-state index in [-0.39, 0.29) is 6.61 Å². The Balaban J connectivity index is 2.08. The average molecular weight is 387 g/mol. The van der Waals surface area contributed by atoms with E-state index in [9.17, 15) is 9.59 Å². The zero-order valence-electron chi connectivity index (χ0n) is 14.2. The summed E-state index contributed by atoms with van der Waals surface area (Å²) >= 11 is 11.4. The Labute approximate surface area is 159 Å². The van der Waals surface area contributed by atoms with Crippen LogP contribution >= 0.6 is 23.2 Å². The summed E-state index contributed by atoms with van der Waals surface area (Å²) in [5.41, 5.74) is 0.819. The van der Waals surface area contributed by atoms with Crippen LogP contribution in [0.4, 0.5) is 0 Å². The van der Waals surface area contributed by atoms with Gasteiger partial charge in [0, 0.05) is 23.1 Å². The van der Waals surface area contributed by atoms with Crippen LogP contribution < -0.4 is 0 Å². The van der Waals surface area contributed by atoms with E-state index in [4.69, 9.17) is 32.7 Å². The van der Waals surface area contributed by atoms with Crippen molar-refractivity contribution in [2.45, 2.75) is 45.1 Å². The molecule has 0 amide bonds. The van der Waals surface area contributed by atoms with Crippen LogP contribution in [-0.4, -0.2) is 24.4 Å².